The van der Waals surface area contributed by atoms with E-state index in [-0.39, 0.29) is 12.1 Å². The van der Waals surface area contributed by atoms with Crippen molar-refractivity contribution < 1.29 is 9.53 Å². The summed E-state index contributed by atoms with van der Waals surface area (Å²) in [6.07, 6.45) is 5.72. The number of amides is 2. The maximum Gasteiger partial charge on any atom is 0.322 e. The summed E-state index contributed by atoms with van der Waals surface area (Å²) < 4.78 is 5.41. The van der Waals surface area contributed by atoms with Crippen LogP contribution in [-0.2, 0) is 6.42 Å². The van der Waals surface area contributed by atoms with E-state index < -0.39 is 0 Å². The molecule has 2 N–H and O–H groups in total. The standard InChI is InChI=1S/C18H24N4O2/c1-3-13-7-8-14(12-17(13)24-2)20-18(23)22-11-5-4-6-16(22)15-9-10-19-21-15/h7-10,12,16H,3-6,11H2,1-2H3,(H,19,21)(H,20,23)/t16-/m1/s1. The summed E-state index contributed by atoms with van der Waals surface area (Å²) in [5.74, 6) is 0.805. The van der Waals surface area contributed by atoms with Gasteiger partial charge in [-0.2, -0.15) is 5.10 Å². The number of anilines is 1. The number of hydrogen-bond acceptors (Lipinski definition) is 3. The minimum Gasteiger partial charge on any atom is -0.496 e. The molecule has 128 valence electrons. The van der Waals surface area contributed by atoms with E-state index in [4.69, 9.17) is 4.74 Å². The Morgan fingerprint density at radius 2 is 2.29 bits per heavy atom. The Morgan fingerprint density at radius 1 is 1.42 bits per heavy atom. The van der Waals surface area contributed by atoms with E-state index in [0.29, 0.717) is 0 Å². The Bertz CT molecular complexity index is 684. The molecule has 0 unspecified atom stereocenters. The summed E-state index contributed by atoms with van der Waals surface area (Å²) in [5.41, 5.74) is 2.87. The van der Waals surface area contributed by atoms with Gasteiger partial charge in [0.05, 0.1) is 18.8 Å². The van der Waals surface area contributed by atoms with Crippen molar-refractivity contribution in [3.05, 3.63) is 41.7 Å². The zero-order chi connectivity index (χ0) is 16.9. The molecule has 1 aliphatic rings. The van der Waals surface area contributed by atoms with Crippen LogP contribution in [0.25, 0.3) is 0 Å². The number of aromatic nitrogens is 2. The van der Waals surface area contributed by atoms with Crippen molar-refractivity contribution in [2.24, 2.45) is 0 Å². The first-order chi connectivity index (χ1) is 11.7. The third-order valence-electron chi connectivity index (χ3n) is 4.56. The average molecular weight is 328 g/mol. The van der Waals surface area contributed by atoms with Gasteiger partial charge in [-0.15, -0.1) is 0 Å². The van der Waals surface area contributed by atoms with Gasteiger partial charge in [-0.3, -0.25) is 5.10 Å². The lowest BCUT2D eigenvalue weighted by molar-refractivity contribution is 0.161. The van der Waals surface area contributed by atoms with Crippen LogP contribution in [0.2, 0.25) is 0 Å². The van der Waals surface area contributed by atoms with Crippen molar-refractivity contribution in [3.63, 3.8) is 0 Å². The van der Waals surface area contributed by atoms with Crippen LogP contribution >= 0.6 is 0 Å². The number of H-pyrrole nitrogens is 1. The maximum atomic E-state index is 12.8. The molecular formula is C18H24N4O2. The molecule has 6 heteroatoms. The normalized spacial score (nSPS) is 17.6. The molecule has 0 radical (unpaired) electrons. The molecule has 1 saturated heterocycles. The number of rotatable bonds is 4. The third kappa shape index (κ3) is 3.37. The van der Waals surface area contributed by atoms with E-state index in [1.54, 1.807) is 13.3 Å². The van der Waals surface area contributed by atoms with Crippen LogP contribution in [-0.4, -0.2) is 34.8 Å². The Balaban J connectivity index is 1.75. The summed E-state index contributed by atoms with van der Waals surface area (Å²) in [6.45, 7) is 2.83. The molecule has 0 aliphatic carbocycles. The molecule has 6 nitrogen and oxygen atoms in total. The van der Waals surface area contributed by atoms with E-state index in [1.165, 1.54) is 0 Å². The fourth-order valence-electron chi connectivity index (χ4n) is 3.26. The van der Waals surface area contributed by atoms with E-state index in [1.807, 2.05) is 29.2 Å². The molecule has 1 aliphatic heterocycles. The van der Waals surface area contributed by atoms with Gasteiger partial charge in [0, 0.05) is 24.5 Å². The molecule has 3 rings (SSSR count). The number of methoxy groups -OCH3 is 1. The lowest BCUT2D eigenvalue weighted by Crippen LogP contribution is -2.41. The molecule has 2 aromatic rings. The number of benzene rings is 1. The highest BCUT2D eigenvalue weighted by Crippen LogP contribution is 2.30. The predicted molar refractivity (Wildman–Crippen MR) is 93.3 cm³/mol. The van der Waals surface area contributed by atoms with E-state index in [9.17, 15) is 4.79 Å². The Morgan fingerprint density at radius 3 is 3.00 bits per heavy atom. The van der Waals surface area contributed by atoms with Crippen molar-refractivity contribution >= 4 is 11.7 Å². The molecule has 2 amide bonds. The number of aryl methyl sites for hydroxylation is 1. The van der Waals surface area contributed by atoms with Crippen LogP contribution < -0.4 is 10.1 Å². The predicted octanol–water partition coefficient (Wildman–Crippen LogP) is 3.74. The van der Waals surface area contributed by atoms with Crippen LogP contribution in [0.5, 0.6) is 5.75 Å². The van der Waals surface area contributed by atoms with Crippen molar-refractivity contribution in [1.29, 1.82) is 0 Å². The Kier molecular flexibility index (Phi) is 5.03. The molecular weight excluding hydrogens is 304 g/mol. The number of carbonyl (C=O) groups is 1. The summed E-state index contributed by atoms with van der Waals surface area (Å²) in [7, 11) is 1.65. The first-order valence-corrected chi connectivity index (χ1v) is 8.46. The van der Waals surface area contributed by atoms with Crippen LogP contribution in [0, 0.1) is 0 Å². The minimum atomic E-state index is -0.0828. The van der Waals surface area contributed by atoms with Gasteiger partial charge in [0.1, 0.15) is 5.75 Å². The molecule has 1 aromatic heterocycles. The highest BCUT2D eigenvalue weighted by Gasteiger charge is 2.29. The molecule has 0 saturated carbocycles. The number of carbonyl (C=O) groups excluding carboxylic acids is 1. The zero-order valence-electron chi connectivity index (χ0n) is 14.2. The highest BCUT2D eigenvalue weighted by atomic mass is 16.5. The SMILES string of the molecule is CCc1ccc(NC(=O)N2CCCC[C@@H]2c2ccn[nH]2)cc1OC. The van der Waals surface area contributed by atoms with Crippen molar-refractivity contribution in [2.75, 3.05) is 19.0 Å². The number of nitrogens with zero attached hydrogens (tertiary/aromatic N) is 2. The van der Waals surface area contributed by atoms with Gasteiger partial charge >= 0.3 is 6.03 Å². The molecule has 1 aromatic carbocycles. The van der Waals surface area contributed by atoms with Crippen LogP contribution in [0.1, 0.15) is 43.5 Å². The monoisotopic (exact) mass is 328 g/mol. The first kappa shape index (κ1) is 16.4. The zero-order valence-corrected chi connectivity index (χ0v) is 14.2. The van der Waals surface area contributed by atoms with E-state index in [0.717, 1.165) is 54.9 Å². The van der Waals surface area contributed by atoms with Gasteiger partial charge in [-0.05, 0) is 43.4 Å². The minimum absolute atomic E-state index is 0.0538. The van der Waals surface area contributed by atoms with Crippen molar-refractivity contribution in [2.45, 2.75) is 38.6 Å². The van der Waals surface area contributed by atoms with Gasteiger partial charge in [0.25, 0.3) is 0 Å². The van der Waals surface area contributed by atoms with Crippen molar-refractivity contribution in [1.82, 2.24) is 15.1 Å². The summed E-state index contributed by atoms with van der Waals surface area (Å²) >= 11 is 0. The summed E-state index contributed by atoms with van der Waals surface area (Å²) in [6, 6.07) is 7.71. The van der Waals surface area contributed by atoms with Gasteiger partial charge in [-0.1, -0.05) is 13.0 Å². The van der Waals surface area contributed by atoms with Gasteiger partial charge in [0.15, 0.2) is 0 Å². The number of piperidine rings is 1. The number of likely N-dealkylation sites (tertiary alicyclic amines) is 1. The lowest BCUT2D eigenvalue weighted by atomic mass is 10.00. The second kappa shape index (κ2) is 7.38. The molecule has 1 fully saturated rings. The van der Waals surface area contributed by atoms with Crippen molar-refractivity contribution in [3.8, 4) is 5.75 Å². The lowest BCUT2D eigenvalue weighted by Gasteiger charge is -2.35. The summed E-state index contributed by atoms with van der Waals surface area (Å²) in [5, 5.41) is 10.0. The van der Waals surface area contributed by atoms with Crippen LogP contribution in [0.4, 0.5) is 10.5 Å². The second-order valence-corrected chi connectivity index (χ2v) is 6.03. The number of nitrogens with one attached hydrogen (secondary N) is 2. The first-order valence-electron chi connectivity index (χ1n) is 8.46. The quantitative estimate of drug-likeness (QED) is 0.898. The number of ether oxygens (including phenoxy) is 1. The van der Waals surface area contributed by atoms with Crippen LogP contribution in [0.3, 0.4) is 0 Å². The van der Waals surface area contributed by atoms with Crippen LogP contribution in [0.15, 0.2) is 30.5 Å². The number of hydrogen-bond donors (Lipinski definition) is 2. The third-order valence-corrected chi connectivity index (χ3v) is 4.56. The van der Waals surface area contributed by atoms with E-state index >= 15 is 0 Å². The Hall–Kier alpha value is -2.50. The van der Waals surface area contributed by atoms with Gasteiger partial charge < -0.3 is 15.0 Å². The maximum absolute atomic E-state index is 12.8. The largest absolute Gasteiger partial charge is 0.496 e. The topological polar surface area (TPSA) is 70.2 Å². The van der Waals surface area contributed by atoms with Gasteiger partial charge in [-0.25, -0.2) is 4.79 Å². The fraction of sp³-hybridized carbons (Fsp3) is 0.444. The molecule has 1 atom stereocenters. The van der Waals surface area contributed by atoms with Gasteiger partial charge in [0.2, 0.25) is 0 Å². The number of urea groups is 1. The summed E-state index contributed by atoms with van der Waals surface area (Å²) in [4.78, 5) is 14.7. The average Bonchev–Trinajstić information content (AvgIpc) is 3.16. The smallest absolute Gasteiger partial charge is 0.322 e. The molecule has 24 heavy (non-hydrogen) atoms. The molecule has 0 spiro atoms. The molecule has 0 bridgehead atoms. The molecule has 2 heterocycles. The second-order valence-electron chi connectivity index (χ2n) is 6.03. The van der Waals surface area contributed by atoms with E-state index in [2.05, 4.69) is 22.4 Å². The fourth-order valence-corrected chi connectivity index (χ4v) is 3.26. The Labute approximate surface area is 142 Å². The highest BCUT2D eigenvalue weighted by molar-refractivity contribution is 5.90. The number of aromatic amines is 1.